The van der Waals surface area contributed by atoms with Crippen molar-refractivity contribution in [3.05, 3.63) is 22.4 Å². The monoisotopic (exact) mass is 391 g/mol. The molecule has 1 N–H and O–H groups in total. The van der Waals surface area contributed by atoms with Gasteiger partial charge in [0.05, 0.1) is 0 Å². The van der Waals surface area contributed by atoms with E-state index in [9.17, 15) is 0 Å². The van der Waals surface area contributed by atoms with Gasteiger partial charge in [-0.1, -0.05) is 19.9 Å². The molecule has 2 fully saturated rings. The number of thiophene rings is 1. The lowest BCUT2D eigenvalue weighted by Crippen LogP contribution is -2.54. The van der Waals surface area contributed by atoms with Gasteiger partial charge in [-0.2, -0.15) is 0 Å². The van der Waals surface area contributed by atoms with E-state index in [0.29, 0.717) is 12.0 Å². The van der Waals surface area contributed by atoms with Crippen molar-refractivity contribution in [1.82, 2.24) is 20.0 Å². The van der Waals surface area contributed by atoms with Crippen LogP contribution in [0.2, 0.25) is 0 Å². The molecule has 0 saturated carbocycles. The number of hydrogen-bond donors (Lipinski definition) is 1. The van der Waals surface area contributed by atoms with Crippen molar-refractivity contribution in [3.63, 3.8) is 0 Å². The molecular weight excluding hydrogens is 354 g/mol. The molecule has 3 rings (SSSR count). The predicted octanol–water partition coefficient (Wildman–Crippen LogP) is 2.98. The van der Waals surface area contributed by atoms with Gasteiger partial charge >= 0.3 is 0 Å². The van der Waals surface area contributed by atoms with E-state index in [1.807, 2.05) is 18.4 Å². The first-order valence-corrected chi connectivity index (χ1v) is 11.4. The van der Waals surface area contributed by atoms with E-state index in [1.54, 1.807) is 0 Å². The van der Waals surface area contributed by atoms with Crippen molar-refractivity contribution in [1.29, 1.82) is 0 Å². The number of likely N-dealkylation sites (tertiary alicyclic amines) is 1. The van der Waals surface area contributed by atoms with E-state index >= 15 is 0 Å². The van der Waals surface area contributed by atoms with Gasteiger partial charge in [0.2, 0.25) is 0 Å². The van der Waals surface area contributed by atoms with Crippen LogP contribution in [0.3, 0.4) is 0 Å². The topological polar surface area (TPSA) is 34.1 Å². The van der Waals surface area contributed by atoms with Crippen molar-refractivity contribution < 1.29 is 0 Å². The summed E-state index contributed by atoms with van der Waals surface area (Å²) in [6, 6.07) is 5.02. The minimum atomic E-state index is 0.534. The first kappa shape index (κ1) is 20.6. The molecule has 5 nitrogen and oxygen atoms in total. The van der Waals surface area contributed by atoms with Gasteiger partial charge in [0.25, 0.3) is 0 Å². The SMILES string of the molecule is CN=C(NCC1CCCN(C)C1c1cccs1)N1CCN(CC(C)C)CC1. The third-order valence-electron chi connectivity index (χ3n) is 5.87. The first-order valence-electron chi connectivity index (χ1n) is 10.5. The summed E-state index contributed by atoms with van der Waals surface area (Å²) in [4.78, 5) is 13.6. The number of piperazine rings is 1. The molecule has 2 unspecified atom stereocenters. The lowest BCUT2D eigenvalue weighted by atomic mass is 9.88. The van der Waals surface area contributed by atoms with Crippen LogP contribution in [0, 0.1) is 11.8 Å². The van der Waals surface area contributed by atoms with Crippen molar-refractivity contribution in [2.24, 2.45) is 16.8 Å². The highest BCUT2D eigenvalue weighted by molar-refractivity contribution is 7.10. The van der Waals surface area contributed by atoms with Gasteiger partial charge in [-0.05, 0) is 49.7 Å². The van der Waals surface area contributed by atoms with Crippen LogP contribution in [0.4, 0.5) is 0 Å². The molecule has 27 heavy (non-hydrogen) atoms. The van der Waals surface area contributed by atoms with E-state index in [-0.39, 0.29) is 0 Å². The molecule has 152 valence electrons. The van der Waals surface area contributed by atoms with Crippen LogP contribution in [-0.2, 0) is 0 Å². The summed E-state index contributed by atoms with van der Waals surface area (Å²) in [6.45, 7) is 12.5. The number of nitrogens with one attached hydrogen (secondary N) is 1. The zero-order chi connectivity index (χ0) is 19.2. The zero-order valence-electron chi connectivity index (χ0n) is 17.5. The second-order valence-electron chi connectivity index (χ2n) is 8.45. The molecule has 0 spiro atoms. The predicted molar refractivity (Wildman–Crippen MR) is 117 cm³/mol. The number of aliphatic imine (C=N–C) groups is 1. The van der Waals surface area contributed by atoms with Crippen LogP contribution in [0.5, 0.6) is 0 Å². The van der Waals surface area contributed by atoms with E-state index in [4.69, 9.17) is 0 Å². The number of hydrogen-bond acceptors (Lipinski definition) is 4. The van der Waals surface area contributed by atoms with Crippen LogP contribution in [0.25, 0.3) is 0 Å². The summed E-state index contributed by atoms with van der Waals surface area (Å²) in [5.74, 6) is 2.46. The molecule has 2 aliphatic heterocycles. The van der Waals surface area contributed by atoms with Crippen LogP contribution in [-0.4, -0.2) is 80.6 Å². The van der Waals surface area contributed by atoms with E-state index in [0.717, 1.165) is 44.6 Å². The zero-order valence-corrected chi connectivity index (χ0v) is 18.3. The lowest BCUT2D eigenvalue weighted by Gasteiger charge is -2.40. The van der Waals surface area contributed by atoms with E-state index < -0.39 is 0 Å². The average Bonchev–Trinajstić information content (AvgIpc) is 3.17. The second-order valence-corrected chi connectivity index (χ2v) is 9.43. The van der Waals surface area contributed by atoms with Gasteiger partial charge in [0.15, 0.2) is 5.96 Å². The molecule has 0 bridgehead atoms. The molecule has 2 aliphatic rings. The van der Waals surface area contributed by atoms with Crippen molar-refractivity contribution in [3.8, 4) is 0 Å². The van der Waals surface area contributed by atoms with Gasteiger partial charge in [0.1, 0.15) is 0 Å². The Morgan fingerprint density at radius 1 is 1.26 bits per heavy atom. The Morgan fingerprint density at radius 3 is 2.67 bits per heavy atom. The number of rotatable bonds is 5. The maximum atomic E-state index is 4.59. The summed E-state index contributed by atoms with van der Waals surface area (Å²) < 4.78 is 0. The average molecular weight is 392 g/mol. The third kappa shape index (κ3) is 5.46. The van der Waals surface area contributed by atoms with Crippen LogP contribution >= 0.6 is 11.3 Å². The molecule has 1 aromatic heterocycles. The Balaban J connectivity index is 1.54. The number of piperidine rings is 1. The van der Waals surface area contributed by atoms with Gasteiger partial charge in [-0.15, -0.1) is 11.3 Å². The maximum absolute atomic E-state index is 4.59. The van der Waals surface area contributed by atoms with Crippen LogP contribution in [0.15, 0.2) is 22.5 Å². The highest BCUT2D eigenvalue weighted by Crippen LogP contribution is 2.36. The normalized spacial score (nSPS) is 26.0. The molecule has 3 heterocycles. The minimum absolute atomic E-state index is 0.534. The molecule has 2 saturated heterocycles. The summed E-state index contributed by atoms with van der Waals surface area (Å²) in [6.07, 6.45) is 2.58. The molecule has 0 radical (unpaired) electrons. The fourth-order valence-corrected chi connectivity index (χ4v) is 5.58. The molecule has 2 atom stereocenters. The van der Waals surface area contributed by atoms with Gasteiger partial charge in [-0.3, -0.25) is 14.8 Å². The second kappa shape index (κ2) is 9.89. The van der Waals surface area contributed by atoms with Crippen molar-refractivity contribution in [2.75, 3.05) is 59.9 Å². The number of nitrogens with zero attached hydrogens (tertiary/aromatic N) is 4. The highest BCUT2D eigenvalue weighted by Gasteiger charge is 2.31. The number of guanidine groups is 1. The summed E-state index contributed by atoms with van der Waals surface area (Å²) in [5, 5.41) is 5.92. The molecular formula is C21H37N5S. The molecule has 6 heteroatoms. The Morgan fingerprint density at radius 2 is 2.04 bits per heavy atom. The molecule has 0 amide bonds. The Kier molecular flexibility index (Phi) is 7.56. The van der Waals surface area contributed by atoms with E-state index in [1.165, 1.54) is 30.8 Å². The Labute approximate surface area is 169 Å². The van der Waals surface area contributed by atoms with Crippen LogP contribution < -0.4 is 5.32 Å². The third-order valence-corrected chi connectivity index (χ3v) is 6.81. The van der Waals surface area contributed by atoms with Crippen molar-refractivity contribution >= 4 is 17.3 Å². The fraction of sp³-hybridized carbons (Fsp3) is 0.762. The minimum Gasteiger partial charge on any atom is -0.356 e. The van der Waals surface area contributed by atoms with E-state index in [2.05, 4.69) is 63.4 Å². The summed E-state index contributed by atoms with van der Waals surface area (Å²) >= 11 is 1.89. The largest absolute Gasteiger partial charge is 0.356 e. The summed E-state index contributed by atoms with van der Waals surface area (Å²) in [5.41, 5.74) is 0. The lowest BCUT2D eigenvalue weighted by molar-refractivity contribution is 0.123. The molecule has 0 aromatic carbocycles. The van der Waals surface area contributed by atoms with Gasteiger partial charge in [0, 0.05) is 57.2 Å². The first-order chi connectivity index (χ1) is 13.1. The fourth-order valence-electron chi connectivity index (χ4n) is 4.60. The van der Waals surface area contributed by atoms with Gasteiger partial charge in [-0.25, -0.2) is 0 Å². The maximum Gasteiger partial charge on any atom is 0.193 e. The standard InChI is InChI=1S/C21H37N5S/c1-17(2)16-25-10-12-26(13-11-25)21(22-3)23-15-18-7-5-9-24(4)20(18)19-8-6-14-27-19/h6,8,14,17-18,20H,5,7,9-13,15-16H2,1-4H3,(H,22,23). The Bertz CT molecular complexity index is 577. The van der Waals surface area contributed by atoms with Crippen LogP contribution in [0.1, 0.15) is 37.6 Å². The smallest absolute Gasteiger partial charge is 0.193 e. The Hall–Kier alpha value is -1.11. The quantitative estimate of drug-likeness (QED) is 0.618. The summed E-state index contributed by atoms with van der Waals surface area (Å²) in [7, 11) is 4.20. The highest BCUT2D eigenvalue weighted by atomic mass is 32.1. The molecule has 1 aromatic rings. The molecule has 0 aliphatic carbocycles. The van der Waals surface area contributed by atoms with Crippen molar-refractivity contribution in [2.45, 2.75) is 32.7 Å². The van der Waals surface area contributed by atoms with Gasteiger partial charge < -0.3 is 10.2 Å².